The second-order valence-corrected chi connectivity index (χ2v) is 7.84. The van der Waals surface area contributed by atoms with Gasteiger partial charge < -0.3 is 20.5 Å². The first-order valence-electron chi connectivity index (χ1n) is 9.37. The van der Waals surface area contributed by atoms with Crippen molar-refractivity contribution in [2.24, 2.45) is 5.73 Å². The molecule has 13 heteroatoms. The number of benzene rings is 1. The second kappa shape index (κ2) is 10.6. The number of nitro groups is 1. The Balaban J connectivity index is 1.87. The quantitative estimate of drug-likeness (QED) is 0.323. The molecule has 2 amide bonds. The normalized spacial score (nSPS) is 11.4. The zero-order valence-corrected chi connectivity index (χ0v) is 18.5. The third-order valence-corrected chi connectivity index (χ3v) is 4.05. The van der Waals surface area contributed by atoms with Crippen LogP contribution in [0.5, 0.6) is 5.75 Å². The summed E-state index contributed by atoms with van der Waals surface area (Å²) in [4.78, 5) is 34.8. The molecular formula is C19H23ClN6O6. The highest BCUT2D eigenvalue weighted by Crippen LogP contribution is 2.35. The molecule has 0 saturated carbocycles. The number of ether oxygens (including phenoxy) is 2. The van der Waals surface area contributed by atoms with E-state index in [0.29, 0.717) is 12.2 Å². The van der Waals surface area contributed by atoms with Crippen molar-refractivity contribution >= 4 is 29.3 Å². The SMILES string of the molecule is CC(C)(C)OC(=O)NCc1cnn(C/C=C/COc2cc(C(N)=O)cc([N+](=O)[O-])c2Cl)n1. The summed E-state index contributed by atoms with van der Waals surface area (Å²) < 4.78 is 10.6. The first-order valence-corrected chi connectivity index (χ1v) is 9.75. The molecular weight excluding hydrogens is 444 g/mol. The fraction of sp³-hybridized carbons (Fsp3) is 0.368. The number of aromatic nitrogens is 3. The molecule has 12 nitrogen and oxygen atoms in total. The topological polar surface area (TPSA) is 164 Å². The summed E-state index contributed by atoms with van der Waals surface area (Å²) in [7, 11) is 0. The number of halogens is 1. The van der Waals surface area contributed by atoms with Gasteiger partial charge in [-0.3, -0.25) is 14.9 Å². The maximum Gasteiger partial charge on any atom is 0.407 e. The van der Waals surface area contributed by atoms with Crippen molar-refractivity contribution in [3.8, 4) is 5.75 Å². The largest absolute Gasteiger partial charge is 0.488 e. The van der Waals surface area contributed by atoms with Gasteiger partial charge in [0.1, 0.15) is 23.7 Å². The minimum atomic E-state index is -0.841. The number of amides is 2. The Bertz CT molecular complexity index is 1030. The van der Waals surface area contributed by atoms with Crippen LogP contribution in [0, 0.1) is 10.1 Å². The predicted molar refractivity (Wildman–Crippen MR) is 114 cm³/mol. The molecule has 3 N–H and O–H groups in total. The monoisotopic (exact) mass is 466 g/mol. The zero-order valence-electron chi connectivity index (χ0n) is 17.7. The van der Waals surface area contributed by atoms with Gasteiger partial charge in [-0.05, 0) is 32.9 Å². The molecule has 32 heavy (non-hydrogen) atoms. The summed E-state index contributed by atoms with van der Waals surface area (Å²) in [5, 5.41) is 21.7. The van der Waals surface area contributed by atoms with Crippen molar-refractivity contribution in [3.63, 3.8) is 0 Å². The van der Waals surface area contributed by atoms with Crippen LogP contribution in [0.2, 0.25) is 5.02 Å². The first-order chi connectivity index (χ1) is 15.0. The number of carbonyl (C=O) groups excluding carboxylic acids is 2. The van der Waals surface area contributed by atoms with Crippen LogP contribution in [0.1, 0.15) is 36.8 Å². The van der Waals surface area contributed by atoms with Gasteiger partial charge >= 0.3 is 6.09 Å². The highest BCUT2D eigenvalue weighted by Gasteiger charge is 2.21. The summed E-state index contributed by atoms with van der Waals surface area (Å²) >= 11 is 5.97. The number of primary amides is 1. The summed E-state index contributed by atoms with van der Waals surface area (Å²) in [5.74, 6) is -0.876. The van der Waals surface area contributed by atoms with Gasteiger partial charge in [-0.1, -0.05) is 17.7 Å². The Labute approximate surface area is 188 Å². The van der Waals surface area contributed by atoms with Crippen LogP contribution in [-0.2, 0) is 17.8 Å². The van der Waals surface area contributed by atoms with Crippen molar-refractivity contribution in [3.05, 3.63) is 56.9 Å². The molecule has 1 heterocycles. The molecule has 0 aliphatic heterocycles. The predicted octanol–water partition coefficient (Wildman–Crippen LogP) is 2.60. The van der Waals surface area contributed by atoms with Crippen molar-refractivity contribution in [2.75, 3.05) is 6.61 Å². The van der Waals surface area contributed by atoms with Crippen LogP contribution >= 0.6 is 11.6 Å². The van der Waals surface area contributed by atoms with Crippen LogP contribution in [-0.4, -0.2) is 44.1 Å². The molecule has 0 aliphatic rings. The smallest absolute Gasteiger partial charge is 0.407 e. The maximum absolute atomic E-state index is 11.7. The van der Waals surface area contributed by atoms with Crippen LogP contribution in [0.15, 0.2) is 30.5 Å². The highest BCUT2D eigenvalue weighted by molar-refractivity contribution is 6.34. The number of rotatable bonds is 9. The zero-order chi connectivity index (χ0) is 23.9. The van der Waals surface area contributed by atoms with Crippen molar-refractivity contribution in [2.45, 2.75) is 39.5 Å². The molecule has 172 valence electrons. The van der Waals surface area contributed by atoms with Gasteiger partial charge in [0.25, 0.3) is 5.69 Å². The number of nitrogens with zero attached hydrogens (tertiary/aromatic N) is 4. The number of nitro benzene ring substituents is 1. The number of hydrogen-bond donors (Lipinski definition) is 2. The van der Waals surface area contributed by atoms with E-state index in [9.17, 15) is 19.7 Å². The van der Waals surface area contributed by atoms with E-state index in [2.05, 4.69) is 15.5 Å². The second-order valence-electron chi connectivity index (χ2n) is 7.46. The fourth-order valence-electron chi connectivity index (χ4n) is 2.32. The molecule has 0 bridgehead atoms. The van der Waals surface area contributed by atoms with E-state index in [4.69, 9.17) is 26.8 Å². The number of nitrogens with one attached hydrogen (secondary N) is 1. The Morgan fingerprint density at radius 2 is 2.06 bits per heavy atom. The van der Waals surface area contributed by atoms with Crippen LogP contribution < -0.4 is 15.8 Å². The molecule has 0 atom stereocenters. The standard InChI is InChI=1S/C19H23ClN6O6/c1-19(2,3)32-18(28)22-10-13-11-23-25(24-13)6-4-5-7-31-15-9-12(17(21)27)8-14(16(15)20)26(29)30/h4-5,8-9,11H,6-7,10H2,1-3H3,(H2,21,27)(H,22,28)/b5-4+. The number of carbonyl (C=O) groups is 2. The minimum Gasteiger partial charge on any atom is -0.488 e. The average molecular weight is 467 g/mol. The van der Waals surface area contributed by atoms with Crippen LogP contribution in [0.25, 0.3) is 0 Å². The Kier molecular flexibility index (Phi) is 8.13. The summed E-state index contributed by atoms with van der Waals surface area (Å²) in [6, 6.07) is 2.23. The van der Waals surface area contributed by atoms with Crippen molar-refractivity contribution in [1.82, 2.24) is 20.3 Å². The number of alkyl carbamates (subject to hydrolysis) is 1. The molecule has 0 aliphatic carbocycles. The molecule has 0 unspecified atom stereocenters. The average Bonchev–Trinajstić information content (AvgIpc) is 3.13. The molecule has 0 fully saturated rings. The molecule has 1 aromatic heterocycles. The Hall–Kier alpha value is -3.67. The number of allylic oxidation sites excluding steroid dienone is 1. The van der Waals surface area contributed by atoms with E-state index in [1.54, 1.807) is 32.9 Å². The lowest BCUT2D eigenvalue weighted by atomic mass is 10.2. The summed E-state index contributed by atoms with van der Waals surface area (Å²) in [6.45, 7) is 5.79. The Morgan fingerprint density at radius 1 is 1.34 bits per heavy atom. The van der Waals surface area contributed by atoms with E-state index < -0.39 is 28.2 Å². The molecule has 0 saturated heterocycles. The van der Waals surface area contributed by atoms with Gasteiger partial charge in [0.05, 0.1) is 24.2 Å². The summed E-state index contributed by atoms with van der Waals surface area (Å²) in [6.07, 6.45) is 4.28. The van der Waals surface area contributed by atoms with Gasteiger partial charge in [0.2, 0.25) is 5.91 Å². The van der Waals surface area contributed by atoms with E-state index in [1.807, 2.05) is 0 Å². The van der Waals surface area contributed by atoms with Crippen LogP contribution in [0.3, 0.4) is 0 Å². The molecule has 0 radical (unpaired) electrons. The molecule has 1 aromatic carbocycles. The third-order valence-electron chi connectivity index (χ3n) is 3.67. The lowest BCUT2D eigenvalue weighted by Gasteiger charge is -2.19. The number of nitrogens with two attached hydrogens (primary N) is 1. The van der Waals surface area contributed by atoms with Gasteiger partial charge in [0.15, 0.2) is 5.02 Å². The maximum atomic E-state index is 11.7. The van der Waals surface area contributed by atoms with Gasteiger partial charge in [-0.15, -0.1) is 0 Å². The van der Waals surface area contributed by atoms with Crippen molar-refractivity contribution < 1.29 is 24.0 Å². The molecule has 2 aromatic rings. The fourth-order valence-corrected chi connectivity index (χ4v) is 2.55. The van der Waals surface area contributed by atoms with E-state index in [1.165, 1.54) is 17.1 Å². The van der Waals surface area contributed by atoms with Crippen molar-refractivity contribution in [1.29, 1.82) is 0 Å². The third kappa shape index (κ3) is 7.54. The van der Waals surface area contributed by atoms with Crippen LogP contribution in [0.4, 0.5) is 10.5 Å². The van der Waals surface area contributed by atoms with Gasteiger partial charge in [-0.2, -0.15) is 15.0 Å². The minimum absolute atomic E-state index is 0.0212. The van der Waals surface area contributed by atoms with E-state index in [-0.39, 0.29) is 29.5 Å². The first kappa shape index (κ1) is 24.6. The molecule has 2 rings (SSSR count). The van der Waals surface area contributed by atoms with Gasteiger partial charge in [0, 0.05) is 11.6 Å². The lowest BCUT2D eigenvalue weighted by Crippen LogP contribution is -2.32. The highest BCUT2D eigenvalue weighted by atomic mass is 35.5. The number of hydrogen-bond acceptors (Lipinski definition) is 8. The van der Waals surface area contributed by atoms with E-state index in [0.717, 1.165) is 6.07 Å². The Morgan fingerprint density at radius 3 is 2.69 bits per heavy atom. The lowest BCUT2D eigenvalue weighted by molar-refractivity contribution is -0.384. The molecule has 0 spiro atoms. The van der Waals surface area contributed by atoms with E-state index >= 15 is 0 Å². The van der Waals surface area contributed by atoms with Gasteiger partial charge in [-0.25, -0.2) is 4.79 Å². The summed E-state index contributed by atoms with van der Waals surface area (Å²) in [5.41, 5.74) is 4.57.